The summed E-state index contributed by atoms with van der Waals surface area (Å²) in [7, 11) is 1.45. The first kappa shape index (κ1) is 62.6. The number of allylic oxidation sites excluding steroid dienone is 8. The number of hydrogen-bond donors (Lipinski definition) is 10. The van der Waals surface area contributed by atoms with E-state index in [1.54, 1.807) is 65.0 Å². The Morgan fingerprint density at radius 3 is 1.63 bits per heavy atom. The van der Waals surface area contributed by atoms with E-state index in [0.29, 0.717) is 49.7 Å². The van der Waals surface area contributed by atoms with Crippen molar-refractivity contribution in [3.63, 3.8) is 0 Å². The molecule has 0 aliphatic heterocycles. The number of halogens is 2. The number of nitrogens with zero attached hydrogens (tertiary/aromatic N) is 2. The summed E-state index contributed by atoms with van der Waals surface area (Å²) >= 11 is 0. The number of aliphatic hydroxyl groups is 5. The number of fused-ring (bicyclic) bond motifs is 10. The number of aliphatic hydroxyl groups excluding tert-OH is 3. The lowest BCUT2D eigenvalue weighted by atomic mass is 9.44. The zero-order valence-corrected chi connectivity index (χ0v) is 48.2. The van der Waals surface area contributed by atoms with Crippen LogP contribution in [0.15, 0.2) is 57.8 Å². The molecule has 8 aliphatic carbocycles. The van der Waals surface area contributed by atoms with Crippen LogP contribution < -0.4 is 26.8 Å². The fourth-order valence-electron chi connectivity index (χ4n) is 16.8. The predicted molar refractivity (Wildman–Crippen MR) is 294 cm³/mol. The lowest BCUT2D eigenvalue weighted by Crippen LogP contribution is -2.69. The molecule has 8 aliphatic rings. The molecule has 0 aromatic rings. The van der Waals surface area contributed by atoms with Gasteiger partial charge in [-0.15, -0.1) is 0 Å². The summed E-state index contributed by atoms with van der Waals surface area (Å²) in [6.07, 6.45) is 8.07. The number of Topliss-reactive ketones (excluding diaryl/α,β-unsaturated/α-hetero) is 2. The van der Waals surface area contributed by atoms with Crippen LogP contribution in [0.1, 0.15) is 119 Å². The second-order valence-corrected chi connectivity index (χ2v) is 25.2. The molecule has 452 valence electrons. The molecule has 23 heteroatoms. The van der Waals surface area contributed by atoms with Crippen molar-refractivity contribution >= 4 is 52.5 Å². The van der Waals surface area contributed by atoms with Gasteiger partial charge in [-0.25, -0.2) is 19.6 Å². The maximum absolute atomic E-state index is 17.9. The third-order valence-corrected chi connectivity index (χ3v) is 21.2. The molecular weight excluding hydrogens is 1070 g/mol. The van der Waals surface area contributed by atoms with Crippen LogP contribution in [0, 0.1) is 57.2 Å². The number of hydrazone groups is 2. The largest absolute Gasteiger partial charge is 0.390 e. The van der Waals surface area contributed by atoms with Crippen molar-refractivity contribution in [2.75, 3.05) is 46.6 Å². The van der Waals surface area contributed by atoms with Crippen molar-refractivity contribution in [1.82, 2.24) is 26.8 Å². The molecule has 0 spiro atoms. The highest BCUT2D eigenvalue weighted by atomic mass is 19.1. The Hall–Kier alpha value is -5.43. The van der Waals surface area contributed by atoms with Crippen molar-refractivity contribution in [3.05, 3.63) is 47.6 Å². The van der Waals surface area contributed by atoms with Crippen LogP contribution in [0.25, 0.3) is 0 Å². The van der Waals surface area contributed by atoms with Gasteiger partial charge >= 0.3 is 0 Å². The molecule has 8 rings (SSSR count). The minimum absolute atomic E-state index is 0.0780. The second-order valence-electron chi connectivity index (χ2n) is 25.2. The van der Waals surface area contributed by atoms with Gasteiger partial charge < -0.3 is 51.0 Å². The predicted octanol–water partition coefficient (Wildman–Crippen LogP) is 2.19. The Labute approximate surface area is 476 Å². The minimum atomic E-state index is -2.17. The first-order valence-electron chi connectivity index (χ1n) is 28.8. The average molecular weight is 1150 g/mol. The molecular formula is C59H83F2N7O14. The van der Waals surface area contributed by atoms with Crippen LogP contribution in [-0.2, 0) is 43.0 Å². The Morgan fingerprint density at radius 2 is 1.17 bits per heavy atom. The highest BCUT2D eigenvalue weighted by Crippen LogP contribution is 2.72. The minimum Gasteiger partial charge on any atom is -0.390 e. The third-order valence-electron chi connectivity index (χ3n) is 21.2. The maximum Gasteiger partial charge on any atom is 0.259 e. The van der Waals surface area contributed by atoms with Crippen molar-refractivity contribution in [3.8, 4) is 0 Å². The molecule has 21 nitrogen and oxygen atoms in total. The van der Waals surface area contributed by atoms with Crippen molar-refractivity contribution in [1.29, 1.82) is 0 Å². The molecule has 0 radical (unpaired) electrons. The third kappa shape index (κ3) is 9.93. The van der Waals surface area contributed by atoms with E-state index in [0.717, 1.165) is 0 Å². The number of ketones is 2. The van der Waals surface area contributed by atoms with Gasteiger partial charge in [0.1, 0.15) is 30.5 Å². The summed E-state index contributed by atoms with van der Waals surface area (Å²) < 4.78 is 45.9. The summed E-state index contributed by atoms with van der Waals surface area (Å²) in [6, 6.07) is -1.34. The summed E-state index contributed by atoms with van der Waals surface area (Å²) in [5.41, 5.74) is -6.05. The van der Waals surface area contributed by atoms with Crippen molar-refractivity contribution in [2.24, 2.45) is 67.4 Å². The van der Waals surface area contributed by atoms with E-state index < -0.39 is 154 Å². The van der Waals surface area contributed by atoms with Gasteiger partial charge in [-0.3, -0.25) is 33.6 Å². The Morgan fingerprint density at radius 1 is 0.695 bits per heavy atom. The second kappa shape index (κ2) is 23.2. The molecule has 0 aromatic heterocycles. The number of ether oxygens (including phenoxy) is 2. The van der Waals surface area contributed by atoms with Gasteiger partial charge in [-0.2, -0.15) is 10.2 Å². The molecule has 0 heterocycles. The van der Waals surface area contributed by atoms with Gasteiger partial charge in [0.15, 0.2) is 22.9 Å². The Bertz CT molecular complexity index is 2790. The number of methoxy groups -OCH3 is 1. The number of hydrogen-bond acceptors (Lipinski definition) is 16. The maximum atomic E-state index is 17.9. The first-order valence-corrected chi connectivity index (χ1v) is 28.8. The van der Waals surface area contributed by atoms with Crippen LogP contribution in [0.4, 0.5) is 8.78 Å². The summed E-state index contributed by atoms with van der Waals surface area (Å²) in [4.78, 5) is 91.5. The summed E-state index contributed by atoms with van der Waals surface area (Å²) in [5.74, 6) is -7.87. The van der Waals surface area contributed by atoms with E-state index in [4.69, 9.17) is 9.47 Å². The molecule has 0 bridgehead atoms. The van der Waals surface area contributed by atoms with Gasteiger partial charge in [0, 0.05) is 53.4 Å². The fourth-order valence-corrected chi connectivity index (χ4v) is 16.8. The van der Waals surface area contributed by atoms with E-state index >= 15 is 8.78 Å². The number of carbonyl (C=O) groups excluding carboxylic acids is 7. The lowest BCUT2D eigenvalue weighted by molar-refractivity contribution is -0.219. The molecule has 82 heavy (non-hydrogen) atoms. The van der Waals surface area contributed by atoms with Crippen LogP contribution >= 0.6 is 0 Å². The highest BCUT2D eigenvalue weighted by molar-refractivity contribution is 6.07. The number of alkyl halides is 2. The monoisotopic (exact) mass is 1150 g/mol. The molecule has 0 aromatic carbocycles. The van der Waals surface area contributed by atoms with Crippen LogP contribution in [-0.4, -0.2) is 165 Å². The number of carbonyl (C=O) groups is 7. The van der Waals surface area contributed by atoms with E-state index in [1.807, 2.05) is 13.8 Å². The van der Waals surface area contributed by atoms with Gasteiger partial charge in [-0.1, -0.05) is 57.9 Å². The van der Waals surface area contributed by atoms with E-state index in [-0.39, 0.29) is 68.4 Å². The molecule has 6 saturated carbocycles. The molecule has 5 amide bonds. The molecule has 0 saturated heterocycles. The SMILES string of the molecule is CCC(=O)[C@@]1(O)[C@H](C)C[C@H]2[C@@H]3CCC4=C/C(=N/NC(=O)CNC(=O)[C@H](CCC(=O)NCC(=O)N/N=C5\C=C[C@@]6(C)C(=C5)CC[C@H]5[C@@H]7C[C@@H](C)[C@](O)(C(=O)CO)[C@@]7(C)C[C@H](O)[C@@]56F)NC(=O)COCCOC)C=C[C@]4(C)[C@@]3(F)[C@@H](O)C[C@@]21C. The van der Waals surface area contributed by atoms with Crippen LogP contribution in [0.5, 0.6) is 0 Å². The van der Waals surface area contributed by atoms with E-state index in [2.05, 4.69) is 37.0 Å². The smallest absolute Gasteiger partial charge is 0.259 e. The van der Waals surface area contributed by atoms with Gasteiger partial charge in [0.05, 0.1) is 49.9 Å². The summed E-state index contributed by atoms with van der Waals surface area (Å²) in [6.45, 7) is 9.99. The number of nitrogens with one attached hydrogen (secondary N) is 5. The number of rotatable bonds is 20. The normalized spacial score (nSPS) is 40.8. The van der Waals surface area contributed by atoms with E-state index in [1.165, 1.54) is 13.2 Å². The molecule has 10 N–H and O–H groups in total. The van der Waals surface area contributed by atoms with Crippen LogP contribution in [0.3, 0.4) is 0 Å². The Balaban J connectivity index is 0.833. The fraction of sp³-hybridized carbons (Fsp3) is 0.712. The topological polar surface area (TPSA) is 324 Å². The van der Waals surface area contributed by atoms with Gasteiger partial charge in [-0.05, 0) is 120 Å². The average Bonchev–Trinajstić information content (AvgIpc) is 1.36. The van der Waals surface area contributed by atoms with E-state index in [9.17, 15) is 59.1 Å². The highest BCUT2D eigenvalue weighted by Gasteiger charge is 2.77. The zero-order valence-electron chi connectivity index (χ0n) is 48.2. The molecule has 17 atom stereocenters. The molecule has 6 fully saturated rings. The van der Waals surface area contributed by atoms with Crippen molar-refractivity contribution in [2.45, 2.75) is 160 Å². The quantitative estimate of drug-likeness (QED) is 0.0618. The van der Waals surface area contributed by atoms with Gasteiger partial charge in [0.25, 0.3) is 11.8 Å². The van der Waals surface area contributed by atoms with Crippen LogP contribution in [0.2, 0.25) is 0 Å². The first-order chi connectivity index (χ1) is 38.5. The Kier molecular flexibility index (Phi) is 17.7. The zero-order chi connectivity index (χ0) is 60.2. The standard InChI is InChI=1S/C59H83F2N7O14/c1-9-43(70)58(79)32(2)22-40-38-12-10-34-25-37(17-19-52(34,4)56(38,60)44(71)26-54(40,58)6)66-68-49(76)29-63-51(78)42(64-50(77)31-82-21-20-81-8)14-15-47(74)62-28-48(75)67-65-36-16-18-53(5)35(24-36)11-13-39-41-23-33(3)59(80,46(73)30-69)55(41,7)27-45(72)57(39,53)61/h16-19,24-25,32-33,38-42,44-45,69,71-72,79-80H,9-15,20-23,26-31H2,1-8H3,(H,62,74)(H,63,78)(H,64,77)(H,67,75)(H,68,76)/b65-36+,66-37+/t32-,33-,38+,39+,40+,41+,42+,44+,45+,52+,53+,54+,55+,56+,57+,58+,59+/m1/s1. The lowest BCUT2D eigenvalue weighted by Gasteiger charge is -2.62. The molecule has 0 unspecified atom stereocenters. The number of amides is 5. The van der Waals surface area contributed by atoms with Crippen molar-refractivity contribution < 1.29 is 77.3 Å². The van der Waals surface area contributed by atoms with Gasteiger partial charge in [0.2, 0.25) is 17.7 Å². The summed E-state index contributed by atoms with van der Waals surface area (Å²) in [5, 5.41) is 72.6.